The molecule has 1 aliphatic heterocycles. The second kappa shape index (κ2) is 10.5. The van der Waals surface area contributed by atoms with E-state index in [4.69, 9.17) is 9.84 Å². The van der Waals surface area contributed by atoms with Crippen LogP contribution in [-0.2, 0) is 19.1 Å². The Bertz CT molecular complexity index is 493. The molecule has 1 aliphatic carbocycles. The average molecular weight is 369 g/mol. The molecule has 1 atom stereocenters. The van der Waals surface area contributed by atoms with E-state index in [0.717, 1.165) is 6.42 Å². The smallest absolute Gasteiger partial charge is 0.317 e. The molecule has 1 heterocycles. The van der Waals surface area contributed by atoms with Gasteiger partial charge in [0.15, 0.2) is 0 Å². The molecule has 0 aromatic carbocycles. The molecule has 0 radical (unpaired) electrons. The first-order valence-corrected chi connectivity index (χ1v) is 9.50. The number of nitrogens with one attached hydrogen (secondary N) is 1. The van der Waals surface area contributed by atoms with Gasteiger partial charge in [-0.2, -0.15) is 0 Å². The summed E-state index contributed by atoms with van der Waals surface area (Å²) in [6.45, 7) is 1.74. The van der Waals surface area contributed by atoms with E-state index in [-0.39, 0.29) is 31.0 Å². The number of carboxylic acids is 1. The number of likely N-dealkylation sites (N-methyl/N-ethyl adjacent to an activating group) is 1. The normalized spacial score (nSPS) is 21.2. The van der Waals surface area contributed by atoms with Gasteiger partial charge in [0, 0.05) is 26.1 Å². The molecule has 2 N–H and O–H groups in total. The minimum Gasteiger partial charge on any atom is -0.480 e. The largest absolute Gasteiger partial charge is 0.480 e. The lowest BCUT2D eigenvalue weighted by Crippen LogP contribution is -2.51. The zero-order valence-corrected chi connectivity index (χ0v) is 15.6. The van der Waals surface area contributed by atoms with Crippen molar-refractivity contribution >= 4 is 17.8 Å². The molecule has 0 aromatic rings. The number of carbonyl (C=O) groups excluding carboxylic acids is 2. The van der Waals surface area contributed by atoms with Crippen molar-refractivity contribution in [2.24, 2.45) is 5.92 Å². The van der Waals surface area contributed by atoms with Crippen molar-refractivity contribution in [3.8, 4) is 0 Å². The first-order chi connectivity index (χ1) is 12.4. The fraction of sp³-hybridized carbons (Fsp3) is 0.833. The van der Waals surface area contributed by atoms with E-state index in [2.05, 4.69) is 5.32 Å². The molecule has 8 heteroatoms. The SMILES string of the molecule is CN(CC(=O)O)CC1CN(C(=O)CNC(=O)CCC2CCCC2)CCO1. The molecule has 0 aromatic heterocycles. The Morgan fingerprint density at radius 2 is 2.00 bits per heavy atom. The van der Waals surface area contributed by atoms with Crippen molar-refractivity contribution in [3.05, 3.63) is 0 Å². The number of morpholine rings is 1. The summed E-state index contributed by atoms with van der Waals surface area (Å²) < 4.78 is 5.62. The maximum Gasteiger partial charge on any atom is 0.317 e. The number of amides is 2. The van der Waals surface area contributed by atoms with Gasteiger partial charge in [-0.3, -0.25) is 19.3 Å². The van der Waals surface area contributed by atoms with E-state index in [1.54, 1.807) is 16.8 Å². The molecular weight excluding hydrogens is 338 g/mol. The third-order valence-electron chi connectivity index (χ3n) is 5.10. The number of ether oxygens (including phenoxy) is 1. The molecule has 2 fully saturated rings. The third-order valence-corrected chi connectivity index (χ3v) is 5.10. The fourth-order valence-corrected chi connectivity index (χ4v) is 3.71. The van der Waals surface area contributed by atoms with E-state index in [1.807, 2.05) is 0 Å². The van der Waals surface area contributed by atoms with E-state index >= 15 is 0 Å². The molecule has 2 amide bonds. The quantitative estimate of drug-likeness (QED) is 0.607. The summed E-state index contributed by atoms with van der Waals surface area (Å²) in [5.74, 6) is -0.402. The average Bonchev–Trinajstić information content (AvgIpc) is 3.10. The Morgan fingerprint density at radius 3 is 2.69 bits per heavy atom. The van der Waals surface area contributed by atoms with Gasteiger partial charge >= 0.3 is 5.97 Å². The van der Waals surface area contributed by atoms with Gasteiger partial charge in [0.05, 0.1) is 25.8 Å². The maximum atomic E-state index is 12.3. The highest BCUT2D eigenvalue weighted by Crippen LogP contribution is 2.28. The maximum absolute atomic E-state index is 12.3. The second-order valence-corrected chi connectivity index (χ2v) is 7.39. The van der Waals surface area contributed by atoms with Gasteiger partial charge < -0.3 is 20.1 Å². The summed E-state index contributed by atoms with van der Waals surface area (Å²) >= 11 is 0. The van der Waals surface area contributed by atoms with Gasteiger partial charge in [-0.05, 0) is 19.4 Å². The van der Waals surface area contributed by atoms with Crippen LogP contribution < -0.4 is 5.32 Å². The summed E-state index contributed by atoms with van der Waals surface area (Å²) in [7, 11) is 1.71. The number of carbonyl (C=O) groups is 3. The van der Waals surface area contributed by atoms with Crippen LogP contribution in [0, 0.1) is 5.92 Å². The molecular formula is C18H31N3O5. The van der Waals surface area contributed by atoms with Crippen molar-refractivity contribution in [2.75, 3.05) is 46.4 Å². The van der Waals surface area contributed by atoms with Crippen molar-refractivity contribution in [1.82, 2.24) is 15.1 Å². The van der Waals surface area contributed by atoms with Gasteiger partial charge in [-0.25, -0.2) is 0 Å². The summed E-state index contributed by atoms with van der Waals surface area (Å²) in [5, 5.41) is 11.5. The summed E-state index contributed by atoms with van der Waals surface area (Å²) in [6.07, 6.45) is 6.17. The molecule has 148 valence electrons. The Labute approximate surface area is 154 Å². The molecule has 1 saturated carbocycles. The van der Waals surface area contributed by atoms with E-state index in [0.29, 0.717) is 38.6 Å². The lowest BCUT2D eigenvalue weighted by molar-refractivity contribution is -0.142. The Morgan fingerprint density at radius 1 is 1.27 bits per heavy atom. The summed E-state index contributed by atoms with van der Waals surface area (Å²) in [6, 6.07) is 0. The topological polar surface area (TPSA) is 99.2 Å². The highest BCUT2D eigenvalue weighted by Gasteiger charge is 2.25. The Kier molecular flexibility index (Phi) is 8.31. The lowest BCUT2D eigenvalue weighted by atomic mass is 10.0. The number of nitrogens with zero attached hydrogens (tertiary/aromatic N) is 2. The van der Waals surface area contributed by atoms with Crippen LogP contribution in [-0.4, -0.2) is 85.2 Å². The van der Waals surface area contributed by atoms with Gasteiger partial charge in [0.2, 0.25) is 11.8 Å². The van der Waals surface area contributed by atoms with Gasteiger partial charge in [0.25, 0.3) is 0 Å². The number of aliphatic carboxylic acids is 1. The minimum atomic E-state index is -0.892. The molecule has 26 heavy (non-hydrogen) atoms. The zero-order chi connectivity index (χ0) is 18.9. The van der Waals surface area contributed by atoms with Gasteiger partial charge in [0.1, 0.15) is 0 Å². The molecule has 0 bridgehead atoms. The van der Waals surface area contributed by atoms with Crippen LogP contribution in [0.4, 0.5) is 0 Å². The molecule has 0 spiro atoms. The van der Waals surface area contributed by atoms with Crippen LogP contribution in [0.5, 0.6) is 0 Å². The van der Waals surface area contributed by atoms with Crippen molar-refractivity contribution in [1.29, 1.82) is 0 Å². The van der Waals surface area contributed by atoms with Crippen LogP contribution in [0.25, 0.3) is 0 Å². The first kappa shape index (κ1) is 20.6. The predicted molar refractivity (Wildman–Crippen MR) is 95.7 cm³/mol. The van der Waals surface area contributed by atoms with Crippen LogP contribution in [0.3, 0.4) is 0 Å². The first-order valence-electron chi connectivity index (χ1n) is 9.50. The zero-order valence-electron chi connectivity index (χ0n) is 15.6. The molecule has 8 nitrogen and oxygen atoms in total. The standard InChI is InChI=1S/C18H31N3O5/c1-20(13-18(24)25)11-15-12-21(8-9-26-15)17(23)10-19-16(22)7-6-14-4-2-3-5-14/h14-15H,2-13H2,1H3,(H,19,22)(H,24,25). The summed E-state index contributed by atoms with van der Waals surface area (Å²) in [4.78, 5) is 38.3. The van der Waals surface area contributed by atoms with Gasteiger partial charge in [-0.15, -0.1) is 0 Å². The highest BCUT2D eigenvalue weighted by atomic mass is 16.5. The summed E-state index contributed by atoms with van der Waals surface area (Å²) in [5.41, 5.74) is 0. The van der Waals surface area contributed by atoms with E-state index < -0.39 is 5.97 Å². The minimum absolute atomic E-state index is 0.0151. The highest BCUT2D eigenvalue weighted by molar-refractivity contribution is 5.84. The fourth-order valence-electron chi connectivity index (χ4n) is 3.71. The number of rotatable bonds is 9. The van der Waals surface area contributed by atoms with Crippen LogP contribution >= 0.6 is 0 Å². The van der Waals surface area contributed by atoms with Crippen LogP contribution in [0.1, 0.15) is 38.5 Å². The number of hydrogen-bond acceptors (Lipinski definition) is 5. The Hall–Kier alpha value is -1.67. The van der Waals surface area contributed by atoms with Crippen molar-refractivity contribution < 1.29 is 24.2 Å². The van der Waals surface area contributed by atoms with Crippen molar-refractivity contribution in [2.45, 2.75) is 44.6 Å². The number of carboxylic acid groups (broad SMARTS) is 1. The molecule has 2 aliphatic rings. The predicted octanol–water partition coefficient (Wildman–Crippen LogP) is 0.317. The Balaban J connectivity index is 1.65. The molecule has 1 saturated heterocycles. The van der Waals surface area contributed by atoms with Gasteiger partial charge in [-0.1, -0.05) is 25.7 Å². The molecule has 2 rings (SSSR count). The van der Waals surface area contributed by atoms with Crippen LogP contribution in [0.15, 0.2) is 0 Å². The second-order valence-electron chi connectivity index (χ2n) is 7.39. The van der Waals surface area contributed by atoms with E-state index in [9.17, 15) is 14.4 Å². The van der Waals surface area contributed by atoms with Crippen molar-refractivity contribution in [3.63, 3.8) is 0 Å². The van der Waals surface area contributed by atoms with Crippen LogP contribution in [0.2, 0.25) is 0 Å². The lowest BCUT2D eigenvalue weighted by Gasteiger charge is -2.34. The third kappa shape index (κ3) is 7.29. The molecule has 1 unspecified atom stereocenters. The number of hydrogen-bond donors (Lipinski definition) is 2. The van der Waals surface area contributed by atoms with E-state index in [1.165, 1.54) is 25.7 Å². The monoisotopic (exact) mass is 369 g/mol.